The van der Waals surface area contributed by atoms with Crippen LogP contribution in [-0.4, -0.2) is 45.7 Å². The summed E-state index contributed by atoms with van der Waals surface area (Å²) in [4.78, 5) is 79.3. The Morgan fingerprint density at radius 3 is 1.21 bits per heavy atom. The molecule has 2 heterocycles. The highest BCUT2D eigenvalue weighted by molar-refractivity contribution is 6.02. The van der Waals surface area contributed by atoms with Crippen molar-refractivity contribution < 1.29 is 38.4 Å². The van der Waals surface area contributed by atoms with Crippen LogP contribution >= 0.6 is 0 Å². The molecule has 2 saturated heterocycles. The van der Waals surface area contributed by atoms with Crippen molar-refractivity contribution in [1.82, 2.24) is 10.1 Å². The summed E-state index contributed by atoms with van der Waals surface area (Å²) in [6.45, 7) is 0. The van der Waals surface area contributed by atoms with E-state index in [9.17, 15) is 28.8 Å². The average molecular weight is 338 g/mol. The van der Waals surface area contributed by atoms with Crippen molar-refractivity contribution in [2.24, 2.45) is 11.8 Å². The summed E-state index contributed by atoms with van der Waals surface area (Å²) in [5.41, 5.74) is 0. The molecule has 10 heteroatoms. The zero-order valence-corrected chi connectivity index (χ0v) is 12.6. The zero-order chi connectivity index (χ0) is 17.4. The second-order valence-electron chi connectivity index (χ2n) is 5.77. The molecule has 0 aromatic rings. The van der Waals surface area contributed by atoms with Crippen LogP contribution in [0.2, 0.25) is 0 Å². The summed E-state index contributed by atoms with van der Waals surface area (Å²) in [6.07, 6.45) is 0.527. The lowest BCUT2D eigenvalue weighted by molar-refractivity contribution is -0.213. The fourth-order valence-corrected chi connectivity index (χ4v) is 2.70. The lowest BCUT2D eigenvalue weighted by atomic mass is 9.74. The minimum Gasteiger partial charge on any atom is -0.330 e. The predicted octanol–water partition coefficient (Wildman–Crippen LogP) is -0.773. The molecule has 1 saturated carbocycles. The molecule has 0 N–H and O–H groups in total. The van der Waals surface area contributed by atoms with Crippen molar-refractivity contribution in [2.45, 2.75) is 38.5 Å². The molecule has 0 aromatic heterocycles. The van der Waals surface area contributed by atoms with Gasteiger partial charge >= 0.3 is 11.9 Å². The molecule has 2 aliphatic heterocycles. The Kier molecular flexibility index (Phi) is 4.04. The molecule has 3 rings (SSSR count). The molecular weight excluding hydrogens is 324 g/mol. The monoisotopic (exact) mass is 338 g/mol. The second-order valence-corrected chi connectivity index (χ2v) is 5.77. The first-order valence-electron chi connectivity index (χ1n) is 7.53. The maximum atomic E-state index is 12.0. The predicted molar refractivity (Wildman–Crippen MR) is 70.6 cm³/mol. The number of carbonyl (C=O) groups excluding carboxylic acids is 6. The Hall–Kier alpha value is -2.78. The normalized spacial score (nSPS) is 26.7. The van der Waals surface area contributed by atoms with Gasteiger partial charge in [-0.1, -0.05) is 0 Å². The molecule has 4 amide bonds. The Morgan fingerprint density at radius 2 is 0.958 bits per heavy atom. The Labute approximate surface area is 135 Å². The van der Waals surface area contributed by atoms with Gasteiger partial charge in [0.15, 0.2) is 0 Å². The van der Waals surface area contributed by atoms with E-state index in [2.05, 4.69) is 0 Å². The average Bonchev–Trinajstić information content (AvgIpc) is 2.96. The van der Waals surface area contributed by atoms with E-state index in [0.29, 0.717) is 23.0 Å². The maximum absolute atomic E-state index is 12.0. The van der Waals surface area contributed by atoms with Crippen LogP contribution in [0.3, 0.4) is 0 Å². The smallest absolute Gasteiger partial charge is 0.330 e. The number of amides is 4. The lowest BCUT2D eigenvalue weighted by Crippen LogP contribution is -2.45. The summed E-state index contributed by atoms with van der Waals surface area (Å²) in [5, 5.41) is 0.827. The van der Waals surface area contributed by atoms with Gasteiger partial charge in [0.25, 0.3) is 23.6 Å². The third-order valence-electron chi connectivity index (χ3n) is 4.25. The first-order chi connectivity index (χ1) is 11.4. The Bertz CT molecular complexity index is 569. The van der Waals surface area contributed by atoms with Crippen molar-refractivity contribution in [3.05, 3.63) is 0 Å². The fourth-order valence-electron chi connectivity index (χ4n) is 2.70. The summed E-state index contributed by atoms with van der Waals surface area (Å²) < 4.78 is 0. The molecule has 0 aromatic carbocycles. The molecule has 3 fully saturated rings. The number of imide groups is 2. The van der Waals surface area contributed by atoms with E-state index in [0.717, 1.165) is 0 Å². The van der Waals surface area contributed by atoms with Gasteiger partial charge in [-0.3, -0.25) is 19.2 Å². The van der Waals surface area contributed by atoms with Crippen LogP contribution in [0.4, 0.5) is 0 Å². The van der Waals surface area contributed by atoms with Crippen LogP contribution in [0.25, 0.3) is 0 Å². The summed E-state index contributed by atoms with van der Waals surface area (Å²) >= 11 is 0. The molecule has 0 bridgehead atoms. The lowest BCUT2D eigenvalue weighted by Gasteiger charge is -2.33. The van der Waals surface area contributed by atoms with Gasteiger partial charge in [0.1, 0.15) is 0 Å². The van der Waals surface area contributed by atoms with Crippen molar-refractivity contribution in [3.63, 3.8) is 0 Å². The Balaban J connectivity index is 1.57. The minimum atomic E-state index is -0.883. The molecule has 24 heavy (non-hydrogen) atoms. The number of hydrogen-bond acceptors (Lipinski definition) is 8. The van der Waals surface area contributed by atoms with Gasteiger partial charge in [-0.2, -0.15) is 0 Å². The quantitative estimate of drug-likeness (QED) is 0.611. The first kappa shape index (κ1) is 16.1. The molecule has 10 nitrogen and oxygen atoms in total. The highest BCUT2D eigenvalue weighted by Gasteiger charge is 2.47. The van der Waals surface area contributed by atoms with Crippen LogP contribution in [0.5, 0.6) is 0 Å². The van der Waals surface area contributed by atoms with Gasteiger partial charge in [-0.05, 0) is 12.8 Å². The number of hydrogen-bond donors (Lipinski definition) is 0. The molecule has 0 radical (unpaired) electrons. The highest BCUT2D eigenvalue weighted by Crippen LogP contribution is 2.37. The molecule has 0 spiro atoms. The zero-order valence-electron chi connectivity index (χ0n) is 12.6. The van der Waals surface area contributed by atoms with Crippen molar-refractivity contribution >= 4 is 35.6 Å². The van der Waals surface area contributed by atoms with E-state index in [1.807, 2.05) is 0 Å². The summed E-state index contributed by atoms with van der Waals surface area (Å²) in [6, 6.07) is 0. The number of rotatable bonds is 4. The summed E-state index contributed by atoms with van der Waals surface area (Å²) in [7, 11) is 0. The Morgan fingerprint density at radius 1 is 0.667 bits per heavy atom. The van der Waals surface area contributed by atoms with Gasteiger partial charge in [-0.25, -0.2) is 9.59 Å². The van der Waals surface area contributed by atoms with Crippen molar-refractivity contribution in [2.75, 3.05) is 0 Å². The highest BCUT2D eigenvalue weighted by atomic mass is 16.7. The molecule has 0 unspecified atom stereocenters. The largest absolute Gasteiger partial charge is 0.337 e. The number of carbonyl (C=O) groups is 6. The summed E-state index contributed by atoms with van der Waals surface area (Å²) in [5.74, 6) is -5.98. The van der Waals surface area contributed by atoms with E-state index in [4.69, 9.17) is 9.68 Å². The van der Waals surface area contributed by atoms with E-state index in [-0.39, 0.29) is 25.7 Å². The topological polar surface area (TPSA) is 127 Å². The van der Waals surface area contributed by atoms with Crippen LogP contribution in [0, 0.1) is 11.8 Å². The third kappa shape index (κ3) is 2.74. The van der Waals surface area contributed by atoms with Crippen molar-refractivity contribution in [1.29, 1.82) is 0 Å². The maximum Gasteiger partial charge on any atom is 0.337 e. The van der Waals surface area contributed by atoms with Gasteiger partial charge in [0, 0.05) is 25.7 Å². The molecular formula is C14H14N2O8. The van der Waals surface area contributed by atoms with Crippen molar-refractivity contribution in [3.8, 4) is 0 Å². The molecule has 3 aliphatic rings. The van der Waals surface area contributed by atoms with Gasteiger partial charge in [0.05, 0.1) is 11.8 Å². The van der Waals surface area contributed by atoms with Crippen LogP contribution in [0.15, 0.2) is 0 Å². The second kappa shape index (κ2) is 6.02. The minimum absolute atomic E-state index is 0.0264. The van der Waals surface area contributed by atoms with Gasteiger partial charge in [0.2, 0.25) is 0 Å². The first-order valence-corrected chi connectivity index (χ1v) is 7.53. The van der Waals surface area contributed by atoms with Crippen LogP contribution < -0.4 is 0 Å². The van der Waals surface area contributed by atoms with Crippen LogP contribution in [0.1, 0.15) is 38.5 Å². The molecule has 1 aliphatic carbocycles. The SMILES string of the molecule is O=C(ON1C(=O)CCC1=O)[C@@H]1CC[C@H]1C(=O)ON1C(=O)CCC1=O. The molecule has 2 atom stereocenters. The third-order valence-corrected chi connectivity index (χ3v) is 4.25. The number of hydroxylamine groups is 4. The fraction of sp³-hybridized carbons (Fsp3) is 0.571. The molecule has 128 valence electrons. The van der Waals surface area contributed by atoms with Gasteiger partial charge < -0.3 is 9.68 Å². The van der Waals surface area contributed by atoms with Gasteiger partial charge in [-0.15, -0.1) is 10.1 Å². The van der Waals surface area contributed by atoms with E-state index < -0.39 is 47.4 Å². The van der Waals surface area contributed by atoms with Crippen LogP contribution in [-0.2, 0) is 38.4 Å². The van der Waals surface area contributed by atoms with E-state index in [1.54, 1.807) is 0 Å². The standard InChI is InChI=1S/C14H14N2O8/c17-9-3-4-10(18)15(9)23-13(21)7-1-2-8(7)14(22)24-16-11(19)5-6-12(16)20/h7-8H,1-6H2/t7-,8-/m1/s1. The number of nitrogens with zero attached hydrogens (tertiary/aromatic N) is 2. The van der Waals surface area contributed by atoms with E-state index >= 15 is 0 Å². The van der Waals surface area contributed by atoms with E-state index in [1.165, 1.54) is 0 Å².